The van der Waals surface area contributed by atoms with Gasteiger partial charge in [-0.3, -0.25) is 0 Å². The molecule has 1 unspecified atom stereocenters. The number of esters is 2. The highest BCUT2D eigenvalue weighted by Gasteiger charge is 2.42. The molecule has 30 heavy (non-hydrogen) atoms. The lowest BCUT2D eigenvalue weighted by Crippen LogP contribution is -2.42. The number of carbonyl (C=O) groups excluding carboxylic acids is 2. The van der Waals surface area contributed by atoms with Crippen LogP contribution in [0.15, 0.2) is 35.2 Å². The lowest BCUT2D eigenvalue weighted by molar-refractivity contribution is -0.140. The van der Waals surface area contributed by atoms with Gasteiger partial charge in [-0.2, -0.15) is 0 Å². The zero-order chi connectivity index (χ0) is 21.4. The van der Waals surface area contributed by atoms with Crippen molar-refractivity contribution in [1.29, 1.82) is 0 Å². The van der Waals surface area contributed by atoms with E-state index in [2.05, 4.69) is 17.2 Å². The predicted octanol–water partition coefficient (Wildman–Crippen LogP) is 2.86. The van der Waals surface area contributed by atoms with Gasteiger partial charge in [-0.25, -0.2) is 9.59 Å². The van der Waals surface area contributed by atoms with Crippen LogP contribution in [0.1, 0.15) is 46.0 Å². The van der Waals surface area contributed by atoms with Crippen LogP contribution in [-0.4, -0.2) is 36.8 Å². The van der Waals surface area contributed by atoms with Gasteiger partial charge in [-0.1, -0.05) is 31.9 Å². The first-order valence-corrected chi connectivity index (χ1v) is 10.5. The van der Waals surface area contributed by atoms with E-state index in [1.165, 1.54) is 6.08 Å². The van der Waals surface area contributed by atoms with Crippen LogP contribution in [0, 0.1) is 11.8 Å². The fourth-order valence-electron chi connectivity index (χ4n) is 4.13. The second-order valence-electron chi connectivity index (χ2n) is 7.26. The van der Waals surface area contributed by atoms with Crippen LogP contribution in [0.4, 0.5) is 0 Å². The number of halogens is 1. The molecule has 0 saturated heterocycles. The molecule has 168 valence electrons. The Morgan fingerprint density at radius 3 is 2.43 bits per heavy atom. The SMILES string of the molecule is C=CCOC(=O)C1=C(C)NC(CNC(N)=S)=C(C(=O)OCC)C1C1CCCCC1.Cl. The normalized spacial score (nSPS) is 19.3. The standard InChI is InChI=1S/C21H31N3O4S.ClH/c1-4-11-28-19(25)16-13(3)24-15(12-23-21(22)29)18(20(26)27-5-2)17(16)14-9-7-6-8-10-14;/h4,14,17,24H,1,5-12H2,2-3H3,(H3,22,23,29);1H. The van der Waals surface area contributed by atoms with E-state index in [0.29, 0.717) is 22.5 Å². The second kappa shape index (κ2) is 12.6. The number of hydrogen-bond donors (Lipinski definition) is 3. The number of nitrogens with one attached hydrogen (secondary N) is 2. The molecule has 1 fully saturated rings. The quantitative estimate of drug-likeness (QED) is 0.290. The minimum absolute atomic E-state index is 0. The third kappa shape index (κ3) is 6.47. The summed E-state index contributed by atoms with van der Waals surface area (Å²) in [4.78, 5) is 25.9. The molecule has 0 amide bonds. The van der Waals surface area contributed by atoms with Crippen molar-refractivity contribution in [3.05, 3.63) is 35.2 Å². The average molecular weight is 458 g/mol. The molecule has 7 nitrogen and oxygen atoms in total. The van der Waals surface area contributed by atoms with Crippen molar-refractivity contribution in [2.24, 2.45) is 17.6 Å². The van der Waals surface area contributed by atoms with Crippen molar-refractivity contribution >= 4 is 41.7 Å². The van der Waals surface area contributed by atoms with Crippen LogP contribution < -0.4 is 16.4 Å². The van der Waals surface area contributed by atoms with E-state index < -0.39 is 17.9 Å². The zero-order valence-corrected chi connectivity index (χ0v) is 19.3. The van der Waals surface area contributed by atoms with Gasteiger partial charge in [0.15, 0.2) is 5.11 Å². The van der Waals surface area contributed by atoms with Gasteiger partial charge in [0.1, 0.15) is 6.61 Å². The van der Waals surface area contributed by atoms with E-state index in [1.807, 2.05) is 6.92 Å². The van der Waals surface area contributed by atoms with Gasteiger partial charge >= 0.3 is 11.9 Å². The average Bonchev–Trinajstić information content (AvgIpc) is 2.70. The topological polar surface area (TPSA) is 103 Å². The van der Waals surface area contributed by atoms with Crippen LogP contribution in [0.2, 0.25) is 0 Å². The molecular weight excluding hydrogens is 426 g/mol. The van der Waals surface area contributed by atoms with Crippen molar-refractivity contribution in [2.75, 3.05) is 19.8 Å². The summed E-state index contributed by atoms with van der Waals surface area (Å²) in [6, 6.07) is 0. The van der Waals surface area contributed by atoms with Gasteiger partial charge < -0.3 is 25.8 Å². The molecule has 0 bridgehead atoms. The Kier molecular flexibility index (Phi) is 10.9. The van der Waals surface area contributed by atoms with Crippen LogP contribution in [-0.2, 0) is 19.1 Å². The van der Waals surface area contributed by atoms with E-state index in [1.54, 1.807) is 6.92 Å². The maximum atomic E-state index is 13.0. The third-order valence-corrected chi connectivity index (χ3v) is 5.44. The summed E-state index contributed by atoms with van der Waals surface area (Å²) in [5.74, 6) is -1.10. The van der Waals surface area contributed by atoms with E-state index in [4.69, 9.17) is 27.4 Å². The smallest absolute Gasteiger partial charge is 0.336 e. The van der Waals surface area contributed by atoms with Crippen molar-refractivity contribution < 1.29 is 19.1 Å². The minimum Gasteiger partial charge on any atom is -0.463 e. The van der Waals surface area contributed by atoms with Crippen LogP contribution in [0.25, 0.3) is 0 Å². The van der Waals surface area contributed by atoms with Crippen molar-refractivity contribution in [3.63, 3.8) is 0 Å². The molecule has 2 rings (SSSR count). The monoisotopic (exact) mass is 457 g/mol. The number of rotatable bonds is 8. The Hall–Kier alpha value is -2.06. The van der Waals surface area contributed by atoms with Crippen LogP contribution in [0.3, 0.4) is 0 Å². The number of hydrogen-bond acceptors (Lipinski definition) is 6. The molecule has 1 saturated carbocycles. The summed E-state index contributed by atoms with van der Waals surface area (Å²) in [5.41, 5.74) is 7.83. The molecule has 0 aromatic rings. The summed E-state index contributed by atoms with van der Waals surface area (Å²) in [5, 5.41) is 6.22. The van der Waals surface area contributed by atoms with E-state index in [9.17, 15) is 9.59 Å². The molecule has 1 aliphatic heterocycles. The van der Waals surface area contributed by atoms with Crippen LogP contribution in [0.5, 0.6) is 0 Å². The lowest BCUT2D eigenvalue weighted by Gasteiger charge is -2.37. The minimum atomic E-state index is -0.436. The van der Waals surface area contributed by atoms with E-state index in [0.717, 1.165) is 32.1 Å². The molecular formula is C21H32ClN3O4S. The fourth-order valence-corrected chi connectivity index (χ4v) is 4.20. The molecule has 0 aromatic heterocycles. The van der Waals surface area contributed by atoms with Crippen LogP contribution >= 0.6 is 24.6 Å². The Labute approximate surface area is 189 Å². The number of allylic oxidation sites excluding steroid dienone is 1. The van der Waals surface area contributed by atoms with Crippen molar-refractivity contribution in [1.82, 2.24) is 10.6 Å². The van der Waals surface area contributed by atoms with E-state index in [-0.39, 0.29) is 43.2 Å². The van der Waals surface area contributed by atoms with Gasteiger partial charge in [0, 0.05) is 17.3 Å². The highest BCUT2D eigenvalue weighted by Crippen LogP contribution is 2.42. The number of ether oxygens (including phenoxy) is 2. The Bertz CT molecular complexity index is 730. The van der Waals surface area contributed by atoms with E-state index >= 15 is 0 Å². The summed E-state index contributed by atoms with van der Waals surface area (Å²) in [6.07, 6.45) is 6.70. The largest absolute Gasteiger partial charge is 0.463 e. The molecule has 2 aliphatic rings. The first-order chi connectivity index (χ1) is 13.9. The highest BCUT2D eigenvalue weighted by molar-refractivity contribution is 7.80. The number of carbonyl (C=O) groups is 2. The zero-order valence-electron chi connectivity index (χ0n) is 17.6. The summed E-state index contributed by atoms with van der Waals surface area (Å²) >= 11 is 4.92. The van der Waals surface area contributed by atoms with Gasteiger partial charge in [0.05, 0.1) is 24.3 Å². The summed E-state index contributed by atoms with van der Waals surface area (Å²) in [6.45, 7) is 7.79. The van der Waals surface area contributed by atoms with Crippen molar-refractivity contribution in [3.8, 4) is 0 Å². The molecule has 0 spiro atoms. The van der Waals surface area contributed by atoms with Gasteiger partial charge in [-0.05, 0) is 44.8 Å². The van der Waals surface area contributed by atoms with Gasteiger partial charge in [-0.15, -0.1) is 12.4 Å². The molecule has 1 atom stereocenters. The van der Waals surface area contributed by atoms with Gasteiger partial charge in [0.25, 0.3) is 0 Å². The second-order valence-corrected chi connectivity index (χ2v) is 7.70. The third-order valence-electron chi connectivity index (χ3n) is 5.30. The molecule has 0 radical (unpaired) electrons. The highest BCUT2D eigenvalue weighted by atomic mass is 35.5. The number of nitrogens with two attached hydrogens (primary N) is 1. The maximum absolute atomic E-state index is 13.0. The number of thiocarbonyl (C=S) groups is 1. The molecule has 4 N–H and O–H groups in total. The fraction of sp³-hybridized carbons (Fsp3) is 0.571. The molecule has 9 heteroatoms. The molecule has 1 heterocycles. The Morgan fingerprint density at radius 1 is 1.23 bits per heavy atom. The molecule has 0 aromatic carbocycles. The Morgan fingerprint density at radius 2 is 1.87 bits per heavy atom. The van der Waals surface area contributed by atoms with Gasteiger partial charge in [0.2, 0.25) is 0 Å². The maximum Gasteiger partial charge on any atom is 0.336 e. The lowest BCUT2D eigenvalue weighted by atomic mass is 9.70. The summed E-state index contributed by atoms with van der Waals surface area (Å²) in [7, 11) is 0. The first-order valence-electron chi connectivity index (χ1n) is 10.1. The molecule has 1 aliphatic carbocycles. The first kappa shape index (κ1) is 26.0. The summed E-state index contributed by atoms with van der Waals surface area (Å²) < 4.78 is 10.7. The number of dihydropyridines is 1. The Balaban J connectivity index is 0.00000450. The van der Waals surface area contributed by atoms with Crippen molar-refractivity contribution in [2.45, 2.75) is 46.0 Å². The predicted molar refractivity (Wildman–Crippen MR) is 123 cm³/mol.